The highest BCUT2D eigenvalue weighted by molar-refractivity contribution is 9.11. The van der Waals surface area contributed by atoms with Crippen molar-refractivity contribution >= 4 is 43.7 Å². The fourth-order valence-corrected chi connectivity index (χ4v) is 3.24. The van der Waals surface area contributed by atoms with Crippen molar-refractivity contribution in [1.29, 1.82) is 0 Å². The number of carboxylic acid groups (broad SMARTS) is 1. The quantitative estimate of drug-likeness (QED) is 0.805. The normalized spacial score (nSPS) is 21.7. The van der Waals surface area contributed by atoms with Gasteiger partial charge in [0, 0.05) is 15.5 Å². The van der Waals surface area contributed by atoms with Gasteiger partial charge in [0.2, 0.25) is 0 Å². The highest BCUT2D eigenvalue weighted by Gasteiger charge is 2.30. The average Bonchev–Trinajstić information content (AvgIpc) is 2.85. The van der Waals surface area contributed by atoms with Gasteiger partial charge in [-0.1, -0.05) is 15.9 Å². The lowest BCUT2D eigenvalue weighted by molar-refractivity contribution is -0.149. The van der Waals surface area contributed by atoms with Gasteiger partial charge in [-0.15, -0.1) is 0 Å². The zero-order valence-corrected chi connectivity index (χ0v) is 13.6. The highest BCUT2D eigenvalue weighted by atomic mass is 79.9. The molecule has 0 saturated carbocycles. The largest absolute Gasteiger partial charge is 0.479 e. The first-order valence-corrected chi connectivity index (χ1v) is 7.67. The molecule has 2 unspecified atom stereocenters. The van der Waals surface area contributed by atoms with E-state index in [0.29, 0.717) is 29.4 Å². The Morgan fingerprint density at radius 2 is 2.10 bits per heavy atom. The van der Waals surface area contributed by atoms with E-state index in [1.165, 1.54) is 0 Å². The maximum Gasteiger partial charge on any atom is 0.332 e. The summed E-state index contributed by atoms with van der Waals surface area (Å²) >= 11 is 6.65. The molecule has 7 heteroatoms. The van der Waals surface area contributed by atoms with E-state index in [9.17, 15) is 9.59 Å². The van der Waals surface area contributed by atoms with Gasteiger partial charge in [0.25, 0.3) is 5.91 Å². The number of benzene rings is 1. The van der Waals surface area contributed by atoms with Gasteiger partial charge < -0.3 is 15.2 Å². The zero-order chi connectivity index (χ0) is 14.7. The molecule has 1 aromatic rings. The molecule has 1 heterocycles. The average molecular weight is 407 g/mol. The van der Waals surface area contributed by atoms with E-state index in [0.717, 1.165) is 4.47 Å². The fourth-order valence-electron chi connectivity index (χ4n) is 2.01. The summed E-state index contributed by atoms with van der Waals surface area (Å²) in [5.41, 5.74) is 0.529. The minimum atomic E-state index is -0.950. The van der Waals surface area contributed by atoms with Crippen molar-refractivity contribution in [1.82, 2.24) is 5.32 Å². The summed E-state index contributed by atoms with van der Waals surface area (Å²) in [4.78, 5) is 22.8. The molecule has 5 nitrogen and oxygen atoms in total. The van der Waals surface area contributed by atoms with E-state index in [1.54, 1.807) is 18.2 Å². The highest BCUT2D eigenvalue weighted by Crippen LogP contribution is 2.22. The number of rotatable bonds is 4. The molecule has 0 radical (unpaired) electrons. The van der Waals surface area contributed by atoms with Gasteiger partial charge in [-0.2, -0.15) is 0 Å². The second-order valence-corrected chi connectivity index (χ2v) is 6.27. The number of hydrogen-bond acceptors (Lipinski definition) is 3. The minimum absolute atomic E-state index is 0.216. The lowest BCUT2D eigenvalue weighted by Gasteiger charge is -2.13. The number of carboxylic acids is 1. The molecular formula is C13H13Br2NO4. The fraction of sp³-hybridized carbons (Fsp3) is 0.385. The molecule has 1 aliphatic rings. The van der Waals surface area contributed by atoms with Crippen LogP contribution in [-0.4, -0.2) is 35.7 Å². The van der Waals surface area contributed by atoms with Crippen LogP contribution in [0.25, 0.3) is 0 Å². The van der Waals surface area contributed by atoms with Gasteiger partial charge in [0.1, 0.15) is 0 Å². The van der Waals surface area contributed by atoms with Crippen LogP contribution < -0.4 is 5.32 Å². The lowest BCUT2D eigenvalue weighted by Crippen LogP contribution is -2.33. The van der Waals surface area contributed by atoms with E-state index in [2.05, 4.69) is 37.2 Å². The Labute approximate surface area is 132 Å². The van der Waals surface area contributed by atoms with Crippen LogP contribution in [0.15, 0.2) is 27.1 Å². The molecule has 2 atom stereocenters. The summed E-state index contributed by atoms with van der Waals surface area (Å²) in [5.74, 6) is -1.17. The summed E-state index contributed by atoms with van der Waals surface area (Å²) in [6, 6.07) is 5.28. The molecule has 2 rings (SSSR count). The van der Waals surface area contributed by atoms with Crippen molar-refractivity contribution in [3.8, 4) is 0 Å². The zero-order valence-electron chi connectivity index (χ0n) is 10.4. The van der Waals surface area contributed by atoms with Crippen LogP contribution in [-0.2, 0) is 9.53 Å². The predicted octanol–water partition coefficient (Wildman–Crippen LogP) is 2.57. The van der Waals surface area contributed by atoms with Crippen LogP contribution in [0.5, 0.6) is 0 Å². The number of nitrogens with one attached hydrogen (secondary N) is 1. The summed E-state index contributed by atoms with van der Waals surface area (Å²) in [5, 5.41) is 11.6. The van der Waals surface area contributed by atoms with Crippen molar-refractivity contribution in [2.45, 2.75) is 25.0 Å². The first-order valence-electron chi connectivity index (χ1n) is 6.09. The maximum absolute atomic E-state index is 12.0. The van der Waals surface area contributed by atoms with Gasteiger partial charge in [-0.05, 0) is 47.0 Å². The number of carbonyl (C=O) groups excluding carboxylic acids is 1. The topological polar surface area (TPSA) is 75.6 Å². The van der Waals surface area contributed by atoms with Crippen LogP contribution in [0.3, 0.4) is 0 Å². The predicted molar refractivity (Wildman–Crippen MR) is 79.7 cm³/mol. The van der Waals surface area contributed by atoms with Crippen LogP contribution in [0, 0.1) is 0 Å². The standard InChI is InChI=1S/C13H13Br2NO4/c14-7-1-3-9(10(15)5-7)12(17)16-6-8-2-4-11(20-8)13(18)19/h1,3,5,8,11H,2,4,6H2,(H,16,17)(H,18,19). The third-order valence-electron chi connectivity index (χ3n) is 3.05. The van der Waals surface area contributed by atoms with Crippen LogP contribution in [0.4, 0.5) is 0 Å². The second-order valence-electron chi connectivity index (χ2n) is 4.50. The number of aliphatic carboxylic acids is 1. The van der Waals surface area contributed by atoms with Gasteiger partial charge in [-0.25, -0.2) is 4.79 Å². The first kappa shape index (κ1) is 15.5. The Morgan fingerprint density at radius 1 is 1.35 bits per heavy atom. The Kier molecular flexibility index (Phi) is 5.17. The van der Waals surface area contributed by atoms with Crippen LogP contribution in [0.2, 0.25) is 0 Å². The van der Waals surface area contributed by atoms with Crippen molar-refractivity contribution in [2.75, 3.05) is 6.54 Å². The molecule has 1 saturated heterocycles. The second kappa shape index (κ2) is 6.69. The molecule has 1 fully saturated rings. The number of carbonyl (C=O) groups is 2. The van der Waals surface area contributed by atoms with Gasteiger partial charge >= 0.3 is 5.97 Å². The monoisotopic (exact) mass is 405 g/mol. The Morgan fingerprint density at radius 3 is 2.70 bits per heavy atom. The Hall–Kier alpha value is -0.920. The van der Waals surface area contributed by atoms with E-state index in [-0.39, 0.29) is 12.0 Å². The number of halogens is 2. The molecule has 0 aromatic heterocycles. The molecule has 0 spiro atoms. The number of ether oxygens (including phenoxy) is 1. The first-order chi connectivity index (χ1) is 9.47. The third kappa shape index (κ3) is 3.80. The van der Waals surface area contributed by atoms with Gasteiger partial charge in [0.15, 0.2) is 6.10 Å². The van der Waals surface area contributed by atoms with Crippen molar-refractivity contribution in [3.63, 3.8) is 0 Å². The minimum Gasteiger partial charge on any atom is -0.479 e. The summed E-state index contributed by atoms with van der Waals surface area (Å²) in [6.07, 6.45) is 0.127. The molecular weight excluding hydrogens is 394 g/mol. The number of hydrogen-bond donors (Lipinski definition) is 2. The molecule has 0 aliphatic carbocycles. The van der Waals surface area contributed by atoms with Gasteiger partial charge in [-0.3, -0.25) is 4.79 Å². The van der Waals surface area contributed by atoms with Crippen molar-refractivity contribution in [3.05, 3.63) is 32.7 Å². The van der Waals surface area contributed by atoms with Crippen molar-refractivity contribution in [2.24, 2.45) is 0 Å². The molecule has 1 amide bonds. The molecule has 108 valence electrons. The third-order valence-corrected chi connectivity index (χ3v) is 4.20. The summed E-state index contributed by atoms with van der Waals surface area (Å²) in [7, 11) is 0. The molecule has 1 aliphatic heterocycles. The lowest BCUT2D eigenvalue weighted by atomic mass is 10.2. The van der Waals surface area contributed by atoms with Crippen LogP contribution >= 0.6 is 31.9 Å². The van der Waals surface area contributed by atoms with E-state index >= 15 is 0 Å². The van der Waals surface area contributed by atoms with E-state index in [4.69, 9.17) is 9.84 Å². The Bertz CT molecular complexity index is 535. The molecule has 0 bridgehead atoms. The maximum atomic E-state index is 12.0. The van der Waals surface area contributed by atoms with Crippen LogP contribution in [0.1, 0.15) is 23.2 Å². The summed E-state index contributed by atoms with van der Waals surface area (Å²) in [6.45, 7) is 0.311. The summed E-state index contributed by atoms with van der Waals surface area (Å²) < 4.78 is 6.90. The molecule has 2 N–H and O–H groups in total. The smallest absolute Gasteiger partial charge is 0.332 e. The van der Waals surface area contributed by atoms with Gasteiger partial charge in [0.05, 0.1) is 11.7 Å². The van der Waals surface area contributed by atoms with E-state index < -0.39 is 12.1 Å². The SMILES string of the molecule is O=C(NCC1CCC(C(=O)O)O1)c1ccc(Br)cc1Br. The Balaban J connectivity index is 1.88. The van der Waals surface area contributed by atoms with E-state index in [1.807, 2.05) is 0 Å². The molecule has 20 heavy (non-hydrogen) atoms. The van der Waals surface area contributed by atoms with Crippen molar-refractivity contribution < 1.29 is 19.4 Å². The number of amides is 1. The molecule has 1 aromatic carbocycles.